The van der Waals surface area contributed by atoms with E-state index in [9.17, 15) is 13.2 Å². The van der Waals surface area contributed by atoms with Crippen LogP contribution in [0.5, 0.6) is 0 Å². The molecule has 0 amide bonds. The Hall–Kier alpha value is 1.32. The van der Waals surface area contributed by atoms with Crippen molar-refractivity contribution in [1.82, 2.24) is 0 Å². The molecule has 9 heteroatoms. The van der Waals surface area contributed by atoms with E-state index in [1.54, 1.807) is 0 Å². The summed E-state index contributed by atoms with van der Waals surface area (Å²) in [5.41, 5.74) is -0.747. The molecule has 1 aromatic rings. The van der Waals surface area contributed by atoms with E-state index in [1.807, 2.05) is 0 Å². The zero-order valence-electron chi connectivity index (χ0n) is 8.13. The molecule has 0 heterocycles. The third kappa shape index (κ3) is 4.70. The summed E-state index contributed by atoms with van der Waals surface area (Å²) >= 11 is 26.2. The monoisotopic (exact) mass is 510 g/mol. The lowest BCUT2D eigenvalue weighted by molar-refractivity contribution is -0.137. The van der Waals surface area contributed by atoms with Crippen LogP contribution in [-0.4, -0.2) is 0 Å². The van der Waals surface area contributed by atoms with Crippen LogP contribution in [0.3, 0.4) is 0 Å². The van der Waals surface area contributed by atoms with E-state index in [0.717, 1.165) is 12.1 Å². The minimum atomic E-state index is -4.53. The topological polar surface area (TPSA) is 0 Å². The average Bonchev–Trinajstić information content (AvgIpc) is 2.13. The van der Waals surface area contributed by atoms with Gasteiger partial charge in [-0.25, -0.2) is 0 Å². The maximum atomic E-state index is 12.7. The number of alkyl halides is 9. The number of rotatable bonds is 0. The smallest absolute Gasteiger partial charge is 0.166 e. The Morgan fingerprint density at radius 1 is 0.778 bits per heavy atom. The Morgan fingerprint density at radius 3 is 1.50 bits per heavy atom. The summed E-state index contributed by atoms with van der Waals surface area (Å²) in [5, 5.41) is 0. The zero-order valence-corrected chi connectivity index (χ0v) is 15.2. The molecule has 0 N–H and O–H groups in total. The highest BCUT2D eigenvalue weighted by Gasteiger charge is 2.36. The van der Waals surface area contributed by atoms with Gasteiger partial charge < -0.3 is 0 Å². The molecule has 0 aliphatic heterocycles. The van der Waals surface area contributed by atoms with Gasteiger partial charge in [0.15, 0.2) is 2.14 Å². The largest absolute Gasteiger partial charge is 0.416 e. The van der Waals surface area contributed by atoms with Crippen LogP contribution in [0, 0.1) is 0 Å². The van der Waals surface area contributed by atoms with Crippen molar-refractivity contribution >= 4 is 82.6 Å². The van der Waals surface area contributed by atoms with Gasteiger partial charge in [-0.05, 0) is 23.8 Å². The standard InChI is InChI=1S/C9H3Br3Cl3F3/c10-7(11,12)4-1-5(8(13,14)15)3-6(2-4)9(16,17)18/h1-3H. The van der Waals surface area contributed by atoms with E-state index in [0.29, 0.717) is 0 Å². The molecule has 0 atom stereocenters. The highest BCUT2D eigenvalue weighted by atomic mass is 80.0. The SMILES string of the molecule is FC(F)(F)c1cc(C(Cl)(Cl)Cl)cc(C(Br)(Br)Br)c1. The summed E-state index contributed by atoms with van der Waals surface area (Å²) in [7, 11) is 0. The first-order valence-electron chi connectivity index (χ1n) is 4.18. The Kier molecular flexibility index (Phi) is 5.41. The van der Waals surface area contributed by atoms with Crippen molar-refractivity contribution in [2.75, 3.05) is 0 Å². The molecule has 0 unspecified atom stereocenters. The fraction of sp³-hybridized carbons (Fsp3) is 0.333. The molecular weight excluding hydrogens is 511 g/mol. The first kappa shape index (κ1) is 17.4. The van der Waals surface area contributed by atoms with Gasteiger partial charge in [-0.1, -0.05) is 82.6 Å². The Bertz CT molecular complexity index is 370. The van der Waals surface area contributed by atoms with Gasteiger partial charge in [-0.2, -0.15) is 13.2 Å². The summed E-state index contributed by atoms with van der Waals surface area (Å²) in [6.07, 6.45) is -4.53. The van der Waals surface area contributed by atoms with Gasteiger partial charge in [-0.3, -0.25) is 0 Å². The number of hydrogen-bond donors (Lipinski definition) is 0. The van der Waals surface area contributed by atoms with E-state index in [4.69, 9.17) is 34.8 Å². The second-order valence-corrected chi connectivity index (χ2v) is 12.3. The van der Waals surface area contributed by atoms with Gasteiger partial charge in [0.1, 0.15) is 0 Å². The van der Waals surface area contributed by atoms with E-state index >= 15 is 0 Å². The first-order valence-corrected chi connectivity index (χ1v) is 7.70. The van der Waals surface area contributed by atoms with Crippen LogP contribution in [0.15, 0.2) is 18.2 Å². The third-order valence-corrected chi connectivity index (χ3v) is 3.94. The second-order valence-electron chi connectivity index (χ2n) is 3.29. The molecule has 102 valence electrons. The fourth-order valence-electron chi connectivity index (χ4n) is 1.12. The van der Waals surface area contributed by atoms with Crippen molar-refractivity contribution in [3.05, 3.63) is 34.9 Å². The predicted octanol–water partition coefficient (Wildman–Crippen LogP) is 6.83. The lowest BCUT2D eigenvalue weighted by Gasteiger charge is -2.20. The van der Waals surface area contributed by atoms with Crippen molar-refractivity contribution < 1.29 is 13.2 Å². The number of halogens is 9. The summed E-state index contributed by atoms with van der Waals surface area (Å²) in [6, 6.07) is 3.09. The molecular formula is C9H3Br3Cl3F3. The predicted molar refractivity (Wildman–Crippen MR) is 79.1 cm³/mol. The molecule has 0 spiro atoms. The minimum Gasteiger partial charge on any atom is -0.166 e. The summed E-state index contributed by atoms with van der Waals surface area (Å²) in [4.78, 5) is 0. The number of benzene rings is 1. The quantitative estimate of drug-likeness (QED) is 0.333. The Morgan fingerprint density at radius 2 is 1.17 bits per heavy atom. The lowest BCUT2D eigenvalue weighted by Crippen LogP contribution is -2.12. The van der Waals surface area contributed by atoms with E-state index < -0.39 is 17.7 Å². The van der Waals surface area contributed by atoms with E-state index in [-0.39, 0.29) is 11.1 Å². The van der Waals surface area contributed by atoms with Crippen molar-refractivity contribution in [2.45, 2.75) is 12.1 Å². The summed E-state index contributed by atoms with van der Waals surface area (Å²) in [5.74, 6) is 0. The molecule has 0 aromatic heterocycles. The van der Waals surface area contributed by atoms with Gasteiger partial charge in [0, 0.05) is 5.56 Å². The van der Waals surface area contributed by atoms with Crippen LogP contribution in [0.4, 0.5) is 13.2 Å². The molecule has 0 radical (unpaired) electrons. The Balaban J connectivity index is 3.49. The van der Waals surface area contributed by atoms with E-state index in [2.05, 4.69) is 47.8 Å². The summed E-state index contributed by atoms with van der Waals surface area (Å²) in [6.45, 7) is 0. The molecule has 0 saturated heterocycles. The van der Waals surface area contributed by atoms with Crippen molar-refractivity contribution in [1.29, 1.82) is 0 Å². The molecule has 0 saturated carbocycles. The molecule has 0 aliphatic carbocycles. The van der Waals surface area contributed by atoms with Gasteiger partial charge in [0.25, 0.3) is 0 Å². The van der Waals surface area contributed by atoms with Crippen molar-refractivity contribution in [2.24, 2.45) is 0 Å². The molecule has 18 heavy (non-hydrogen) atoms. The van der Waals surface area contributed by atoms with Crippen LogP contribution in [0.25, 0.3) is 0 Å². The second kappa shape index (κ2) is 5.60. The first-order chi connectivity index (χ1) is 7.82. The summed E-state index contributed by atoms with van der Waals surface area (Å²) < 4.78 is 35.3. The van der Waals surface area contributed by atoms with Crippen LogP contribution < -0.4 is 0 Å². The fourth-order valence-corrected chi connectivity index (χ4v) is 2.13. The molecule has 0 aliphatic rings. The lowest BCUT2D eigenvalue weighted by atomic mass is 10.1. The van der Waals surface area contributed by atoms with Crippen LogP contribution in [0.1, 0.15) is 16.7 Å². The van der Waals surface area contributed by atoms with Gasteiger partial charge in [0.2, 0.25) is 3.79 Å². The molecule has 1 rings (SSSR count). The van der Waals surface area contributed by atoms with Crippen molar-refractivity contribution in [3.63, 3.8) is 0 Å². The highest BCUT2D eigenvalue weighted by molar-refractivity contribution is 9.38. The normalized spacial score (nSPS) is 13.8. The zero-order chi connectivity index (χ0) is 14.4. The Labute approximate surface area is 142 Å². The molecule has 0 fully saturated rings. The maximum absolute atomic E-state index is 12.7. The van der Waals surface area contributed by atoms with Gasteiger partial charge in [0.05, 0.1) is 5.56 Å². The maximum Gasteiger partial charge on any atom is 0.416 e. The molecule has 0 nitrogen and oxygen atoms in total. The van der Waals surface area contributed by atoms with Gasteiger partial charge >= 0.3 is 6.18 Å². The van der Waals surface area contributed by atoms with Crippen LogP contribution >= 0.6 is 82.6 Å². The average molecular weight is 514 g/mol. The van der Waals surface area contributed by atoms with Gasteiger partial charge in [-0.15, -0.1) is 0 Å². The van der Waals surface area contributed by atoms with Crippen LogP contribution in [-0.2, 0) is 12.1 Å². The third-order valence-electron chi connectivity index (χ3n) is 1.91. The molecule has 0 bridgehead atoms. The van der Waals surface area contributed by atoms with Crippen molar-refractivity contribution in [3.8, 4) is 0 Å². The number of hydrogen-bond acceptors (Lipinski definition) is 0. The minimum absolute atomic E-state index is 0.0694. The molecule has 1 aromatic carbocycles. The van der Waals surface area contributed by atoms with E-state index in [1.165, 1.54) is 6.07 Å². The van der Waals surface area contributed by atoms with Crippen LogP contribution in [0.2, 0.25) is 0 Å². The highest BCUT2D eigenvalue weighted by Crippen LogP contribution is 2.48.